The van der Waals surface area contributed by atoms with Gasteiger partial charge in [-0.15, -0.1) is 0 Å². The van der Waals surface area contributed by atoms with Crippen LogP contribution in [0.15, 0.2) is 96.1 Å². The number of fused-ring (bicyclic) bond motifs is 2. The van der Waals surface area contributed by atoms with E-state index in [1.165, 1.54) is 0 Å². The predicted octanol–water partition coefficient (Wildman–Crippen LogP) is -18.5. The Morgan fingerprint density at radius 1 is 0.397 bits per heavy atom. The van der Waals surface area contributed by atoms with Gasteiger partial charge in [0, 0.05) is 38.4 Å². The van der Waals surface area contributed by atoms with Crippen LogP contribution in [0.5, 0.6) is 0 Å². The number of hydrogen-bond donors (Lipinski definition) is 3. The molecule has 2 amide bonds. The van der Waals surface area contributed by atoms with E-state index >= 15 is 0 Å². The van der Waals surface area contributed by atoms with Crippen LogP contribution in [0.1, 0.15) is 20.7 Å². The van der Waals surface area contributed by atoms with E-state index in [0.717, 1.165) is 18.2 Å². The molecule has 0 bridgehead atoms. The van der Waals surface area contributed by atoms with Gasteiger partial charge in [-0.1, -0.05) is 0 Å². The fourth-order valence-corrected chi connectivity index (χ4v) is 9.43. The summed E-state index contributed by atoms with van der Waals surface area (Å²) in [6.45, 7) is 0. The van der Waals surface area contributed by atoms with Crippen LogP contribution in [0.2, 0.25) is 0 Å². The number of hydrogen-bond acceptors (Lipinski definition) is 21. The van der Waals surface area contributed by atoms with Gasteiger partial charge >= 0.3 is 177 Å². The summed E-state index contributed by atoms with van der Waals surface area (Å²) < 4.78 is 215. The van der Waals surface area contributed by atoms with Crippen molar-refractivity contribution in [2.24, 2.45) is 0 Å². The topological polar surface area (TPSA) is 427 Å². The molecule has 0 fully saturated rings. The van der Waals surface area contributed by atoms with Gasteiger partial charge in [-0.2, -0.15) is 0 Å². The summed E-state index contributed by atoms with van der Waals surface area (Å²) in [4.78, 5) is 18.3. The molecular formula is C28H15N3Na6O20S6. The van der Waals surface area contributed by atoms with Crippen LogP contribution >= 0.6 is 0 Å². The standard InChI is InChI=1S/C28H21N3O20S6.6Na/c29-14-6-12(27(32)30-19-1-3-21(54(40,41)42)17-8-15(52(34,35)36)10-23(25(17)19)56(46,47)48)5-13(7-14)28(33)31-20-2-4-22(55(43,44)45)18-9-16(53(37,38)39)11-24(26(18)20)57(49,50)51;;;;;;/h1-11H,29H2,(H,30,32)(H,31,33)(H,34,35,36)(H,37,38,39)(H,40,41,42)(H,43,44,45)(H,46,47,48)(H,49,50,51);;;;;;/q;6*+1/p-6. The summed E-state index contributed by atoms with van der Waals surface area (Å²) in [5.41, 5.74) is 2.68. The SMILES string of the molecule is Nc1cc(C(=O)Nc2ccc(S(=O)(=O)[O-])c3cc(S(=O)(=O)[O-])cc(S(=O)(=O)[O-])c23)cc(C(=O)Nc2ccc(S(=O)(=O)[O-])c3cc(S(=O)(=O)[O-])cc(S(=O)(=O)[O-])c23)c1.[Na+].[Na+].[Na+].[Na+].[Na+].[Na+]. The van der Waals surface area contributed by atoms with E-state index in [2.05, 4.69) is 10.6 Å². The fraction of sp³-hybridized carbons (Fsp3) is 0. The Morgan fingerprint density at radius 2 is 0.683 bits per heavy atom. The second-order valence-electron chi connectivity index (χ2n) is 11.4. The number of nitrogens with two attached hydrogens (primary N) is 1. The molecule has 0 aliphatic heterocycles. The van der Waals surface area contributed by atoms with E-state index in [9.17, 15) is 87.4 Å². The number of nitrogen functional groups attached to an aromatic ring is 1. The summed E-state index contributed by atoms with van der Waals surface area (Å²) in [6, 6.07) is 5.34. The minimum Gasteiger partial charge on any atom is -0.744 e. The van der Waals surface area contributed by atoms with Crippen molar-refractivity contribution in [1.29, 1.82) is 0 Å². The summed E-state index contributed by atoms with van der Waals surface area (Å²) in [5, 5.41) is -0.149. The molecule has 63 heavy (non-hydrogen) atoms. The van der Waals surface area contributed by atoms with Crippen molar-refractivity contribution in [3.8, 4) is 0 Å². The van der Waals surface area contributed by atoms with Crippen LogP contribution in [-0.2, 0) is 60.7 Å². The molecule has 0 unspecified atom stereocenters. The Hall–Kier alpha value is 0.820. The summed E-state index contributed by atoms with van der Waals surface area (Å²) in [7, 11) is -34.1. The van der Waals surface area contributed by atoms with E-state index in [0.29, 0.717) is 24.3 Å². The van der Waals surface area contributed by atoms with Gasteiger partial charge in [0.2, 0.25) is 0 Å². The second-order valence-corrected chi connectivity index (χ2v) is 19.5. The first-order valence-electron chi connectivity index (χ1n) is 14.3. The minimum atomic E-state index is -5.83. The van der Waals surface area contributed by atoms with Gasteiger partial charge in [-0.05, 0) is 66.7 Å². The second kappa shape index (κ2) is 23.6. The van der Waals surface area contributed by atoms with Crippen LogP contribution in [-0.4, -0.2) is 89.6 Å². The normalized spacial score (nSPS) is 11.8. The molecule has 35 heteroatoms. The van der Waals surface area contributed by atoms with E-state index in [1.54, 1.807) is 0 Å². The van der Waals surface area contributed by atoms with Gasteiger partial charge in [0.15, 0.2) is 0 Å². The zero-order chi connectivity index (χ0) is 43.0. The third kappa shape index (κ3) is 15.4. The van der Waals surface area contributed by atoms with Crippen molar-refractivity contribution in [2.75, 3.05) is 16.4 Å². The van der Waals surface area contributed by atoms with Crippen molar-refractivity contribution in [3.63, 3.8) is 0 Å². The fourth-order valence-electron chi connectivity index (χ4n) is 5.42. The molecule has 5 aromatic rings. The Labute approximate surface area is 491 Å². The van der Waals surface area contributed by atoms with Gasteiger partial charge in [0.1, 0.15) is 60.7 Å². The molecule has 0 saturated heterocycles. The maximum absolute atomic E-state index is 13.5. The molecule has 0 heterocycles. The molecule has 0 aliphatic rings. The predicted molar refractivity (Wildman–Crippen MR) is 182 cm³/mol. The average molecular weight is 1040 g/mol. The Balaban J connectivity index is 0. The van der Waals surface area contributed by atoms with Gasteiger partial charge in [-0.3, -0.25) is 9.59 Å². The summed E-state index contributed by atoms with van der Waals surface area (Å²) in [5.74, 6) is -2.68. The number of benzene rings is 5. The molecule has 5 rings (SSSR count). The van der Waals surface area contributed by atoms with Crippen molar-refractivity contribution in [1.82, 2.24) is 0 Å². The Morgan fingerprint density at radius 3 is 0.937 bits per heavy atom. The molecular weight excluding hydrogens is 1030 g/mol. The van der Waals surface area contributed by atoms with E-state index in [4.69, 9.17) is 5.73 Å². The third-order valence-electron chi connectivity index (χ3n) is 7.65. The number of carbonyl (C=O) groups excluding carboxylic acids is 2. The summed E-state index contributed by atoms with van der Waals surface area (Å²) in [6.07, 6.45) is 0. The van der Waals surface area contributed by atoms with Crippen molar-refractivity contribution < 1.29 is 265 Å². The van der Waals surface area contributed by atoms with E-state index in [-0.39, 0.29) is 202 Å². The van der Waals surface area contributed by atoms with Gasteiger partial charge in [-0.25, -0.2) is 50.5 Å². The first-order chi connectivity index (χ1) is 25.8. The van der Waals surface area contributed by atoms with Crippen molar-refractivity contribution >= 4 is 111 Å². The van der Waals surface area contributed by atoms with Crippen LogP contribution in [0.4, 0.5) is 17.1 Å². The number of rotatable bonds is 10. The monoisotopic (exact) mass is 1040 g/mol. The van der Waals surface area contributed by atoms with Gasteiger partial charge < -0.3 is 43.7 Å². The van der Waals surface area contributed by atoms with Crippen molar-refractivity contribution in [2.45, 2.75) is 29.4 Å². The number of amides is 2. The smallest absolute Gasteiger partial charge is 0.744 e. The molecule has 23 nitrogen and oxygen atoms in total. The summed E-state index contributed by atoms with van der Waals surface area (Å²) >= 11 is 0. The number of nitrogens with one attached hydrogen (secondary N) is 2. The molecule has 0 aromatic heterocycles. The van der Waals surface area contributed by atoms with Crippen LogP contribution < -0.4 is 194 Å². The minimum absolute atomic E-state index is 0. The molecule has 0 spiro atoms. The van der Waals surface area contributed by atoms with Gasteiger partial charge in [0.05, 0.1) is 40.7 Å². The Bertz CT molecular complexity index is 3140. The molecule has 0 aliphatic carbocycles. The molecule has 304 valence electrons. The Kier molecular flexibility index (Phi) is 24.7. The molecule has 5 aromatic carbocycles. The maximum Gasteiger partial charge on any atom is 1.00 e. The number of anilines is 3. The van der Waals surface area contributed by atoms with Crippen molar-refractivity contribution in [3.05, 3.63) is 77.9 Å². The van der Waals surface area contributed by atoms with Gasteiger partial charge in [0.25, 0.3) is 11.8 Å². The maximum atomic E-state index is 13.5. The average Bonchev–Trinajstić information content (AvgIpc) is 3.04. The van der Waals surface area contributed by atoms with E-state index in [1.807, 2.05) is 0 Å². The van der Waals surface area contributed by atoms with Crippen LogP contribution in [0.25, 0.3) is 21.5 Å². The molecule has 0 atom stereocenters. The third-order valence-corrected chi connectivity index (χ3v) is 12.8. The zero-order valence-corrected chi connectivity index (χ0v) is 49.9. The number of carbonyl (C=O) groups is 2. The largest absolute Gasteiger partial charge is 1.00 e. The van der Waals surface area contributed by atoms with E-state index < -0.39 is 152 Å². The first kappa shape index (κ1) is 65.9. The zero-order valence-electron chi connectivity index (χ0n) is 33.0. The first-order valence-corrected chi connectivity index (χ1v) is 22.7. The quantitative estimate of drug-likeness (QED) is 0.0664. The van der Waals surface area contributed by atoms with Crippen LogP contribution in [0.3, 0.4) is 0 Å². The molecule has 0 radical (unpaired) electrons. The van der Waals surface area contributed by atoms with Crippen LogP contribution in [0, 0.1) is 0 Å². The molecule has 4 N–H and O–H groups in total. The molecule has 0 saturated carbocycles.